The Labute approximate surface area is 266 Å². The summed E-state index contributed by atoms with van der Waals surface area (Å²) in [7, 11) is 0. The second-order valence-corrected chi connectivity index (χ2v) is 11.8. The number of nitrogens with one attached hydrogen (secondary N) is 2. The molecule has 0 aromatic carbocycles. The van der Waals surface area contributed by atoms with Gasteiger partial charge in [0.25, 0.3) is 5.91 Å². The number of piperazine rings is 1. The number of hydroxylamine groups is 4. The predicted octanol–water partition coefficient (Wildman–Crippen LogP) is -3.36. The second kappa shape index (κ2) is 18.5. The van der Waals surface area contributed by atoms with Gasteiger partial charge in [0, 0.05) is 25.8 Å². The van der Waals surface area contributed by atoms with Gasteiger partial charge in [0.1, 0.15) is 36.5 Å². The van der Waals surface area contributed by atoms with Gasteiger partial charge in [0.05, 0.1) is 25.2 Å². The van der Waals surface area contributed by atoms with E-state index in [0.717, 1.165) is 0 Å². The van der Waals surface area contributed by atoms with E-state index in [1.165, 1.54) is 13.0 Å². The molecule has 0 spiro atoms. The van der Waals surface area contributed by atoms with E-state index in [9.17, 15) is 55.1 Å². The van der Waals surface area contributed by atoms with Crippen molar-refractivity contribution in [1.82, 2.24) is 20.8 Å². The second-order valence-electron chi connectivity index (χ2n) is 11.8. The van der Waals surface area contributed by atoms with Crippen LogP contribution in [0, 0.1) is 0 Å². The molecule has 2 aliphatic rings. The van der Waals surface area contributed by atoms with Crippen LogP contribution in [0.5, 0.6) is 0 Å². The zero-order valence-corrected chi connectivity index (χ0v) is 26.0. The summed E-state index contributed by atoms with van der Waals surface area (Å²) >= 11 is 0. The van der Waals surface area contributed by atoms with Crippen molar-refractivity contribution in [2.24, 2.45) is 0 Å². The van der Waals surface area contributed by atoms with E-state index in [1.54, 1.807) is 6.92 Å². The highest BCUT2D eigenvalue weighted by Gasteiger charge is 2.44. The molecule has 2 heterocycles. The first-order chi connectivity index (χ1) is 21.6. The Balaban J connectivity index is 1.69. The Morgan fingerprint density at radius 1 is 0.957 bits per heavy atom. The van der Waals surface area contributed by atoms with Crippen LogP contribution in [0.25, 0.3) is 0 Å². The molecule has 18 heteroatoms. The van der Waals surface area contributed by atoms with E-state index in [2.05, 4.69) is 10.6 Å². The molecule has 2 aliphatic heterocycles. The normalized spacial score (nSPS) is 28.2. The van der Waals surface area contributed by atoms with Gasteiger partial charge in [0.15, 0.2) is 6.29 Å². The van der Waals surface area contributed by atoms with Crippen LogP contribution in [-0.2, 0) is 28.7 Å². The summed E-state index contributed by atoms with van der Waals surface area (Å²) in [5, 5.41) is 84.5. The van der Waals surface area contributed by atoms with Gasteiger partial charge in [-0.15, -0.1) is 0 Å². The van der Waals surface area contributed by atoms with E-state index < -0.39 is 85.0 Å². The van der Waals surface area contributed by atoms with Crippen LogP contribution in [-0.4, -0.2) is 156 Å². The summed E-state index contributed by atoms with van der Waals surface area (Å²) in [6, 6.07) is -1.78. The molecular formula is C28H48N4O14. The quantitative estimate of drug-likeness (QED) is 0.0389. The molecule has 2 rings (SSSR count). The highest BCUT2D eigenvalue weighted by molar-refractivity contribution is 5.96. The standard InChI is InChI=1S/C28H48N4O14/c1-16(7-11-33)13-20(35)31(43)9-3-5-17-25(40)30-18(26(41)29-17)6-4-10-32(44)21(36)14-28(2,42)8-12-45-27-24(39)23(38)22(37)19(15-34)46-27/h13,17-19,22-24,27,33-34,37-39,42-44H,3-12,14-15H2,1-2H3,(H,29,41)(H,30,40)/b16-13+/t17-,18-,19+,22+,23-,24-,27+,28+/m0/s1. The van der Waals surface area contributed by atoms with Crippen molar-refractivity contribution in [3.63, 3.8) is 0 Å². The molecule has 0 aromatic heterocycles. The first-order valence-corrected chi connectivity index (χ1v) is 15.1. The largest absolute Gasteiger partial charge is 0.396 e. The Morgan fingerprint density at radius 3 is 2.07 bits per heavy atom. The number of rotatable bonds is 18. The van der Waals surface area contributed by atoms with Gasteiger partial charge in [-0.3, -0.25) is 29.6 Å². The maximum absolute atomic E-state index is 12.5. The lowest BCUT2D eigenvalue weighted by molar-refractivity contribution is -0.302. The minimum Gasteiger partial charge on any atom is -0.396 e. The first kappa shape index (κ1) is 39.4. The van der Waals surface area contributed by atoms with Crippen molar-refractivity contribution in [2.45, 2.75) is 107 Å². The fraction of sp³-hybridized carbons (Fsp3) is 0.786. The monoisotopic (exact) mass is 664 g/mol. The summed E-state index contributed by atoms with van der Waals surface area (Å²) in [6.07, 6.45) is -5.96. The van der Waals surface area contributed by atoms with Crippen molar-refractivity contribution < 1.29 is 69.7 Å². The third-order valence-electron chi connectivity index (χ3n) is 7.71. The number of nitrogens with zero attached hydrogens (tertiary/aromatic N) is 2. The Kier molecular flexibility index (Phi) is 15.9. The molecule has 0 unspecified atom stereocenters. The number of hydrogen-bond acceptors (Lipinski definition) is 14. The fourth-order valence-electron chi connectivity index (χ4n) is 4.85. The van der Waals surface area contributed by atoms with Crippen molar-refractivity contribution in [3.05, 3.63) is 11.6 Å². The molecule has 0 aliphatic carbocycles. The highest BCUT2D eigenvalue weighted by atomic mass is 16.7. The van der Waals surface area contributed by atoms with Gasteiger partial charge in [0.2, 0.25) is 17.7 Å². The van der Waals surface area contributed by atoms with Crippen LogP contribution < -0.4 is 10.6 Å². The molecule has 264 valence electrons. The third-order valence-corrected chi connectivity index (χ3v) is 7.71. The Bertz CT molecular complexity index is 1060. The van der Waals surface area contributed by atoms with Crippen LogP contribution >= 0.6 is 0 Å². The SMILES string of the molecule is C/C(=C\C(=O)N(O)CCC[C@@H]1NC(=O)[C@H](CCCN(O)C(=O)C[C@](C)(O)CCO[C@@H]2O[C@H](CO)[C@@H](O)[C@H](O)[C@@H]2O)NC1=O)CCO. The smallest absolute Gasteiger partial charge is 0.269 e. The van der Waals surface area contributed by atoms with Crippen LogP contribution in [0.3, 0.4) is 0 Å². The van der Waals surface area contributed by atoms with Gasteiger partial charge >= 0.3 is 0 Å². The number of amides is 4. The number of carbonyl (C=O) groups excluding carboxylic acids is 4. The number of ether oxygens (including phenoxy) is 2. The summed E-state index contributed by atoms with van der Waals surface area (Å²) in [6.45, 7) is 1.67. The number of carbonyl (C=O) groups is 4. The molecule has 0 aromatic rings. The zero-order chi connectivity index (χ0) is 34.6. The van der Waals surface area contributed by atoms with Crippen LogP contribution in [0.4, 0.5) is 0 Å². The molecule has 18 nitrogen and oxygen atoms in total. The average molecular weight is 665 g/mol. The molecule has 46 heavy (non-hydrogen) atoms. The summed E-state index contributed by atoms with van der Waals surface area (Å²) in [5.74, 6) is -2.42. The number of aliphatic hydroxyl groups is 6. The van der Waals surface area contributed by atoms with E-state index in [-0.39, 0.29) is 58.4 Å². The maximum atomic E-state index is 12.5. The Hall–Kier alpha value is -2.78. The van der Waals surface area contributed by atoms with E-state index in [4.69, 9.17) is 14.6 Å². The minimum atomic E-state index is -1.66. The molecule has 2 saturated heterocycles. The Morgan fingerprint density at radius 2 is 1.52 bits per heavy atom. The van der Waals surface area contributed by atoms with Crippen molar-refractivity contribution in [2.75, 3.05) is 32.9 Å². The lowest BCUT2D eigenvalue weighted by atomic mass is 9.97. The molecule has 8 atom stereocenters. The highest BCUT2D eigenvalue weighted by Crippen LogP contribution is 2.23. The van der Waals surface area contributed by atoms with Crippen LogP contribution in [0.2, 0.25) is 0 Å². The average Bonchev–Trinajstić information content (AvgIpc) is 2.98. The number of aliphatic hydroxyl groups excluding tert-OH is 5. The van der Waals surface area contributed by atoms with Gasteiger partial charge < -0.3 is 50.7 Å². The minimum absolute atomic E-state index is 0.0800. The van der Waals surface area contributed by atoms with Crippen LogP contribution in [0.1, 0.15) is 58.8 Å². The summed E-state index contributed by atoms with van der Waals surface area (Å²) < 4.78 is 10.5. The lowest BCUT2D eigenvalue weighted by Crippen LogP contribution is -2.61. The molecule has 2 fully saturated rings. The van der Waals surface area contributed by atoms with Crippen molar-refractivity contribution in [1.29, 1.82) is 0 Å². The predicted molar refractivity (Wildman–Crippen MR) is 154 cm³/mol. The summed E-state index contributed by atoms with van der Waals surface area (Å²) in [5.41, 5.74) is -1.07. The van der Waals surface area contributed by atoms with Crippen molar-refractivity contribution >= 4 is 23.6 Å². The molecule has 0 bridgehead atoms. The van der Waals surface area contributed by atoms with E-state index in [1.807, 2.05) is 0 Å². The molecular weight excluding hydrogens is 616 g/mol. The zero-order valence-electron chi connectivity index (χ0n) is 26.0. The molecule has 4 amide bonds. The van der Waals surface area contributed by atoms with Gasteiger partial charge in [-0.05, 0) is 52.4 Å². The van der Waals surface area contributed by atoms with E-state index >= 15 is 0 Å². The maximum Gasteiger partial charge on any atom is 0.269 e. The first-order valence-electron chi connectivity index (χ1n) is 15.1. The van der Waals surface area contributed by atoms with Gasteiger partial charge in [-0.2, -0.15) is 0 Å². The topological polar surface area (TPSA) is 279 Å². The van der Waals surface area contributed by atoms with Gasteiger partial charge in [-0.1, -0.05) is 5.57 Å². The van der Waals surface area contributed by atoms with E-state index in [0.29, 0.717) is 22.1 Å². The summed E-state index contributed by atoms with van der Waals surface area (Å²) in [4.78, 5) is 49.4. The van der Waals surface area contributed by atoms with Crippen LogP contribution in [0.15, 0.2) is 11.6 Å². The molecule has 0 saturated carbocycles. The lowest BCUT2D eigenvalue weighted by Gasteiger charge is -2.39. The van der Waals surface area contributed by atoms with Crippen molar-refractivity contribution in [3.8, 4) is 0 Å². The third kappa shape index (κ3) is 12.1. The van der Waals surface area contributed by atoms with Gasteiger partial charge in [-0.25, -0.2) is 10.1 Å². The molecule has 0 radical (unpaired) electrons. The molecule has 10 N–H and O–H groups in total. The fourth-order valence-corrected chi connectivity index (χ4v) is 4.85. The number of hydrogen-bond donors (Lipinski definition) is 10.